The van der Waals surface area contributed by atoms with Crippen LogP contribution in [-0.2, 0) is 15.4 Å². The number of benzene rings is 2. The van der Waals surface area contributed by atoms with Crippen molar-refractivity contribution in [3.63, 3.8) is 0 Å². The quantitative estimate of drug-likeness (QED) is 0.640. The first kappa shape index (κ1) is 21.5. The number of hydrogen-bond acceptors (Lipinski definition) is 5. The van der Waals surface area contributed by atoms with E-state index in [-0.39, 0.29) is 10.3 Å². The van der Waals surface area contributed by atoms with Crippen molar-refractivity contribution in [2.24, 2.45) is 5.14 Å². The summed E-state index contributed by atoms with van der Waals surface area (Å²) in [7, 11) is -3.88. The molecule has 0 atom stereocenters. The lowest BCUT2D eigenvalue weighted by Crippen LogP contribution is -2.16. The van der Waals surface area contributed by atoms with Gasteiger partial charge < -0.3 is 10.1 Å². The van der Waals surface area contributed by atoms with Crippen LogP contribution >= 0.6 is 0 Å². The number of aromatic nitrogens is 1. The van der Waals surface area contributed by atoms with Crippen molar-refractivity contribution in [1.29, 1.82) is 0 Å². The van der Waals surface area contributed by atoms with E-state index in [0.717, 1.165) is 5.56 Å². The topological polar surface area (TPSA) is 111 Å². The van der Waals surface area contributed by atoms with E-state index >= 15 is 0 Å². The van der Waals surface area contributed by atoms with Gasteiger partial charge in [-0.25, -0.2) is 13.6 Å². The van der Waals surface area contributed by atoms with Gasteiger partial charge in [-0.1, -0.05) is 32.9 Å². The van der Waals surface area contributed by atoms with Gasteiger partial charge in [0, 0.05) is 11.9 Å². The molecule has 1 heterocycles. The predicted octanol–water partition coefficient (Wildman–Crippen LogP) is 4.07. The molecular weight excluding hydrogens is 402 g/mol. The number of nitrogens with two attached hydrogens (primary N) is 1. The minimum Gasteiger partial charge on any atom is -0.455 e. The Bertz CT molecular complexity index is 1170. The fourth-order valence-electron chi connectivity index (χ4n) is 2.74. The van der Waals surface area contributed by atoms with E-state index in [1.165, 1.54) is 18.2 Å². The molecular formula is C22H23N3O4S. The summed E-state index contributed by atoms with van der Waals surface area (Å²) >= 11 is 0. The van der Waals surface area contributed by atoms with Gasteiger partial charge >= 0.3 is 0 Å². The molecule has 156 valence electrons. The van der Waals surface area contributed by atoms with Crippen LogP contribution in [0.15, 0.2) is 71.9 Å². The number of hydrogen-bond donors (Lipinski definition) is 2. The third-order valence-corrected chi connectivity index (χ3v) is 5.29. The first-order valence-electron chi connectivity index (χ1n) is 9.21. The molecule has 0 spiro atoms. The molecule has 0 bridgehead atoms. The molecule has 0 aliphatic heterocycles. The number of carbonyl (C=O) groups excluding carboxylic acids is 1. The second-order valence-corrected chi connectivity index (χ2v) is 9.34. The zero-order chi connectivity index (χ0) is 21.9. The van der Waals surface area contributed by atoms with Crippen molar-refractivity contribution in [3.8, 4) is 11.5 Å². The predicted molar refractivity (Wildman–Crippen MR) is 115 cm³/mol. The Kier molecular flexibility index (Phi) is 5.91. The van der Waals surface area contributed by atoms with Gasteiger partial charge in [0.25, 0.3) is 5.91 Å². The summed E-state index contributed by atoms with van der Waals surface area (Å²) in [5.41, 5.74) is 1.45. The number of ether oxygens (including phenoxy) is 1. The highest BCUT2D eigenvalue weighted by molar-refractivity contribution is 7.89. The maximum absolute atomic E-state index is 13.0. The normalized spacial score (nSPS) is 11.7. The molecule has 0 fully saturated rings. The van der Waals surface area contributed by atoms with Crippen molar-refractivity contribution in [2.75, 3.05) is 5.32 Å². The van der Waals surface area contributed by atoms with E-state index in [1.54, 1.807) is 36.7 Å². The monoisotopic (exact) mass is 425 g/mol. The number of nitrogens with zero attached hydrogens (tertiary/aromatic N) is 1. The van der Waals surface area contributed by atoms with E-state index in [0.29, 0.717) is 22.7 Å². The van der Waals surface area contributed by atoms with Gasteiger partial charge in [-0.15, -0.1) is 0 Å². The molecule has 3 rings (SSSR count). The molecule has 7 nitrogen and oxygen atoms in total. The van der Waals surface area contributed by atoms with E-state index < -0.39 is 15.9 Å². The second kappa shape index (κ2) is 8.25. The first-order chi connectivity index (χ1) is 14.0. The standard InChI is InChI=1S/C22H23N3O4S/c1-22(2,3)15-9-10-19(20(12-15)29-17-7-5-11-24-14-17)21(26)25-16-6-4-8-18(13-16)30(23,27)28/h4-14H,1-3H3,(H,25,26)(H2,23,27,28). The van der Waals surface area contributed by atoms with Crippen molar-refractivity contribution >= 4 is 21.6 Å². The second-order valence-electron chi connectivity index (χ2n) is 7.78. The summed E-state index contributed by atoms with van der Waals surface area (Å²) in [4.78, 5) is 16.9. The number of nitrogens with one attached hydrogen (secondary N) is 1. The van der Waals surface area contributed by atoms with Crippen LogP contribution in [-0.4, -0.2) is 19.3 Å². The van der Waals surface area contributed by atoms with E-state index in [1.807, 2.05) is 12.1 Å². The smallest absolute Gasteiger partial charge is 0.259 e. The van der Waals surface area contributed by atoms with Crippen LogP contribution in [0.2, 0.25) is 0 Å². The highest BCUT2D eigenvalue weighted by atomic mass is 32.2. The fraction of sp³-hybridized carbons (Fsp3) is 0.182. The molecule has 0 radical (unpaired) electrons. The molecule has 3 N–H and O–H groups in total. The van der Waals surface area contributed by atoms with Crippen LogP contribution < -0.4 is 15.2 Å². The molecule has 0 saturated carbocycles. The van der Waals surface area contributed by atoms with Crippen molar-refractivity contribution in [1.82, 2.24) is 4.98 Å². The molecule has 0 aliphatic rings. The molecule has 3 aromatic rings. The maximum Gasteiger partial charge on any atom is 0.259 e. The molecule has 30 heavy (non-hydrogen) atoms. The molecule has 1 amide bonds. The number of anilines is 1. The van der Waals surface area contributed by atoms with E-state index in [9.17, 15) is 13.2 Å². The molecule has 0 unspecified atom stereocenters. The maximum atomic E-state index is 13.0. The van der Waals surface area contributed by atoms with Crippen LogP contribution in [0.1, 0.15) is 36.7 Å². The third-order valence-electron chi connectivity index (χ3n) is 4.37. The molecule has 1 aromatic heterocycles. The van der Waals surface area contributed by atoms with Gasteiger partial charge in [0.15, 0.2) is 0 Å². The minimum absolute atomic E-state index is 0.0878. The van der Waals surface area contributed by atoms with Crippen molar-refractivity contribution < 1.29 is 17.9 Å². The number of primary sulfonamides is 1. The lowest BCUT2D eigenvalue weighted by atomic mass is 9.86. The number of carbonyl (C=O) groups is 1. The van der Waals surface area contributed by atoms with Gasteiger partial charge in [0.2, 0.25) is 10.0 Å². The van der Waals surface area contributed by atoms with Crippen LogP contribution in [0.5, 0.6) is 11.5 Å². The van der Waals surface area contributed by atoms with Gasteiger partial charge in [-0.2, -0.15) is 0 Å². The van der Waals surface area contributed by atoms with Crippen LogP contribution in [0.4, 0.5) is 5.69 Å². The summed E-state index contributed by atoms with van der Waals surface area (Å²) in [6.07, 6.45) is 3.19. The Morgan fingerprint density at radius 2 is 1.83 bits per heavy atom. The Morgan fingerprint density at radius 1 is 1.07 bits per heavy atom. The van der Waals surface area contributed by atoms with E-state index in [4.69, 9.17) is 9.88 Å². The van der Waals surface area contributed by atoms with Crippen molar-refractivity contribution in [2.45, 2.75) is 31.1 Å². The largest absolute Gasteiger partial charge is 0.455 e. The van der Waals surface area contributed by atoms with E-state index in [2.05, 4.69) is 31.1 Å². The Hall–Kier alpha value is -3.23. The molecule has 8 heteroatoms. The summed E-state index contributed by atoms with van der Waals surface area (Å²) in [6, 6.07) is 14.6. The van der Waals surface area contributed by atoms with Crippen LogP contribution in [0, 0.1) is 0 Å². The van der Waals surface area contributed by atoms with Crippen molar-refractivity contribution in [3.05, 3.63) is 78.1 Å². The van der Waals surface area contributed by atoms with Gasteiger partial charge in [0.1, 0.15) is 11.5 Å². The Balaban J connectivity index is 1.97. The van der Waals surface area contributed by atoms with Gasteiger partial charge in [-0.3, -0.25) is 9.78 Å². The van der Waals surface area contributed by atoms with Gasteiger partial charge in [-0.05, 0) is 53.4 Å². The highest BCUT2D eigenvalue weighted by Gasteiger charge is 2.20. The van der Waals surface area contributed by atoms with Crippen LogP contribution in [0.3, 0.4) is 0 Å². The summed E-state index contributed by atoms with van der Waals surface area (Å²) in [5.74, 6) is 0.422. The Labute approximate surface area is 176 Å². The summed E-state index contributed by atoms with van der Waals surface area (Å²) < 4.78 is 29.1. The zero-order valence-electron chi connectivity index (χ0n) is 16.9. The average molecular weight is 426 g/mol. The lowest BCUT2D eigenvalue weighted by Gasteiger charge is -2.21. The summed E-state index contributed by atoms with van der Waals surface area (Å²) in [6.45, 7) is 6.19. The fourth-order valence-corrected chi connectivity index (χ4v) is 3.30. The van der Waals surface area contributed by atoms with Gasteiger partial charge in [0.05, 0.1) is 16.7 Å². The number of pyridine rings is 1. The minimum atomic E-state index is -3.88. The third kappa shape index (κ3) is 5.22. The molecule has 2 aromatic carbocycles. The lowest BCUT2D eigenvalue weighted by molar-refractivity contribution is 0.102. The number of sulfonamides is 1. The first-order valence-corrected chi connectivity index (χ1v) is 10.8. The Morgan fingerprint density at radius 3 is 2.47 bits per heavy atom. The van der Waals surface area contributed by atoms with Crippen LogP contribution in [0.25, 0.3) is 0 Å². The molecule has 0 saturated heterocycles. The highest BCUT2D eigenvalue weighted by Crippen LogP contribution is 2.32. The average Bonchev–Trinajstić information content (AvgIpc) is 2.67. The number of rotatable bonds is 5. The summed E-state index contributed by atoms with van der Waals surface area (Å²) in [5, 5.41) is 7.87. The zero-order valence-corrected chi connectivity index (χ0v) is 17.7. The molecule has 0 aliphatic carbocycles. The SMILES string of the molecule is CC(C)(C)c1ccc(C(=O)Nc2cccc(S(N)(=O)=O)c2)c(Oc2cccnc2)c1. The number of amides is 1.